The van der Waals surface area contributed by atoms with Gasteiger partial charge in [0.1, 0.15) is 6.73 Å². The summed E-state index contributed by atoms with van der Waals surface area (Å²) in [5.74, 6) is 0. The van der Waals surface area contributed by atoms with Crippen LogP contribution in [0.15, 0.2) is 48.2 Å². The number of hydrogen-bond donors (Lipinski definition) is 2. The van der Waals surface area contributed by atoms with Crippen molar-refractivity contribution in [3.63, 3.8) is 0 Å². The molecule has 0 bridgehead atoms. The highest BCUT2D eigenvalue weighted by molar-refractivity contribution is 5.44. The van der Waals surface area contributed by atoms with E-state index >= 15 is 0 Å². The molecule has 2 N–H and O–H groups in total. The second kappa shape index (κ2) is 6.26. The molecule has 0 fully saturated rings. The summed E-state index contributed by atoms with van der Waals surface area (Å²) in [4.78, 5) is 0. The molecule has 0 aliphatic heterocycles. The van der Waals surface area contributed by atoms with Crippen LogP contribution in [0.3, 0.4) is 0 Å². The predicted octanol–water partition coefficient (Wildman–Crippen LogP) is 2.12. The van der Waals surface area contributed by atoms with Crippen molar-refractivity contribution in [1.82, 2.24) is 5.32 Å². The predicted molar refractivity (Wildman–Crippen MR) is 57.1 cm³/mol. The average molecular weight is 179 g/mol. The van der Waals surface area contributed by atoms with Crippen molar-refractivity contribution >= 4 is 0 Å². The number of aliphatic hydroxyl groups is 1. The summed E-state index contributed by atoms with van der Waals surface area (Å²) in [6, 6.07) is 0. The molecule has 0 unspecified atom stereocenters. The van der Waals surface area contributed by atoms with E-state index < -0.39 is 0 Å². The molecule has 0 spiro atoms. The van der Waals surface area contributed by atoms with Crippen molar-refractivity contribution in [1.29, 1.82) is 0 Å². The van der Waals surface area contributed by atoms with E-state index in [1.54, 1.807) is 12.3 Å². The van der Waals surface area contributed by atoms with E-state index in [0.717, 1.165) is 16.7 Å². The van der Waals surface area contributed by atoms with E-state index in [-0.39, 0.29) is 6.73 Å². The molecule has 0 aliphatic rings. The number of rotatable bonds is 5. The van der Waals surface area contributed by atoms with Gasteiger partial charge in [-0.1, -0.05) is 30.9 Å². The van der Waals surface area contributed by atoms with E-state index in [1.165, 1.54) is 0 Å². The van der Waals surface area contributed by atoms with E-state index in [9.17, 15) is 0 Å². The zero-order chi connectivity index (χ0) is 10.3. The molecule has 72 valence electrons. The Hall–Kier alpha value is -1.28. The lowest BCUT2D eigenvalue weighted by atomic mass is 10.0. The van der Waals surface area contributed by atoms with Crippen LogP contribution in [-0.2, 0) is 0 Å². The normalized spacial score (nSPS) is 12.5. The van der Waals surface area contributed by atoms with Gasteiger partial charge < -0.3 is 10.4 Å². The molecule has 0 atom stereocenters. The molecule has 0 amide bonds. The molecule has 2 heteroatoms. The first kappa shape index (κ1) is 11.7. The van der Waals surface area contributed by atoms with Gasteiger partial charge in [-0.3, -0.25) is 0 Å². The highest BCUT2D eigenvalue weighted by atomic mass is 16.3. The second-order valence-electron chi connectivity index (χ2n) is 2.79. The zero-order valence-corrected chi connectivity index (χ0v) is 8.30. The molecule has 0 aromatic rings. The van der Waals surface area contributed by atoms with Crippen LogP contribution in [0.5, 0.6) is 0 Å². The molecule has 0 aromatic carbocycles. The lowest BCUT2D eigenvalue weighted by Crippen LogP contribution is -2.06. The number of aliphatic hydroxyl groups excluding tert-OH is 1. The first-order valence-electron chi connectivity index (χ1n) is 4.13. The van der Waals surface area contributed by atoms with Gasteiger partial charge in [-0.15, -0.1) is 0 Å². The Balaban J connectivity index is 4.65. The van der Waals surface area contributed by atoms with Crippen LogP contribution in [0.1, 0.15) is 13.8 Å². The van der Waals surface area contributed by atoms with Crippen LogP contribution in [0.25, 0.3) is 0 Å². The van der Waals surface area contributed by atoms with Gasteiger partial charge >= 0.3 is 0 Å². The van der Waals surface area contributed by atoms with Crippen LogP contribution in [0, 0.1) is 0 Å². The Labute approximate surface area is 80.0 Å². The highest BCUT2D eigenvalue weighted by Gasteiger charge is 1.98. The first-order chi connectivity index (χ1) is 6.13. The maximum atomic E-state index is 8.55. The number of nitrogens with one attached hydrogen (secondary N) is 1. The molecular formula is C11H17NO. The SMILES string of the molecule is C=C/C=C(C(=C)C)/C(C)=C/NCO. The Morgan fingerprint density at radius 2 is 2.08 bits per heavy atom. The van der Waals surface area contributed by atoms with Crippen LogP contribution in [-0.4, -0.2) is 11.8 Å². The summed E-state index contributed by atoms with van der Waals surface area (Å²) in [7, 11) is 0. The van der Waals surface area contributed by atoms with Gasteiger partial charge in [0.05, 0.1) is 0 Å². The quantitative estimate of drug-likeness (QED) is 0.500. The number of allylic oxidation sites excluding steroid dienone is 5. The Morgan fingerprint density at radius 1 is 1.46 bits per heavy atom. The molecule has 2 nitrogen and oxygen atoms in total. The van der Waals surface area contributed by atoms with E-state index in [0.29, 0.717) is 0 Å². The van der Waals surface area contributed by atoms with Gasteiger partial charge in [0.15, 0.2) is 0 Å². The van der Waals surface area contributed by atoms with Crippen LogP contribution < -0.4 is 5.32 Å². The van der Waals surface area contributed by atoms with Gasteiger partial charge in [-0.25, -0.2) is 0 Å². The van der Waals surface area contributed by atoms with Crippen molar-refractivity contribution in [2.75, 3.05) is 6.73 Å². The second-order valence-corrected chi connectivity index (χ2v) is 2.79. The topological polar surface area (TPSA) is 32.3 Å². The van der Waals surface area contributed by atoms with Crippen molar-refractivity contribution in [3.8, 4) is 0 Å². The third kappa shape index (κ3) is 4.33. The third-order valence-corrected chi connectivity index (χ3v) is 1.58. The molecule has 0 saturated heterocycles. The van der Waals surface area contributed by atoms with E-state index in [2.05, 4.69) is 18.5 Å². The van der Waals surface area contributed by atoms with Crippen LogP contribution in [0.2, 0.25) is 0 Å². The molecule has 0 heterocycles. The fraction of sp³-hybridized carbons (Fsp3) is 0.273. The van der Waals surface area contributed by atoms with E-state index in [1.807, 2.05) is 19.9 Å². The Morgan fingerprint density at radius 3 is 2.46 bits per heavy atom. The minimum atomic E-state index is -0.0606. The number of hydrogen-bond acceptors (Lipinski definition) is 2. The maximum absolute atomic E-state index is 8.55. The lowest BCUT2D eigenvalue weighted by Gasteiger charge is -2.06. The summed E-state index contributed by atoms with van der Waals surface area (Å²) in [5, 5.41) is 11.3. The lowest BCUT2D eigenvalue weighted by molar-refractivity contribution is 0.279. The van der Waals surface area contributed by atoms with Crippen LogP contribution >= 0.6 is 0 Å². The standard InChI is InChI=1S/C11H17NO/c1-5-6-11(9(2)3)10(4)7-12-8-13/h5-7,12-13H,1-2,8H2,3-4H3/b10-7+,11-6+. The third-order valence-electron chi connectivity index (χ3n) is 1.58. The fourth-order valence-electron chi connectivity index (χ4n) is 1.00. The summed E-state index contributed by atoms with van der Waals surface area (Å²) in [6.07, 6.45) is 5.37. The Kier molecular flexibility index (Phi) is 5.64. The fourth-order valence-corrected chi connectivity index (χ4v) is 1.00. The monoisotopic (exact) mass is 179 g/mol. The average Bonchev–Trinajstić information content (AvgIpc) is 2.09. The van der Waals surface area contributed by atoms with Crippen molar-refractivity contribution in [2.45, 2.75) is 13.8 Å². The molecule has 0 radical (unpaired) electrons. The van der Waals surface area contributed by atoms with Crippen molar-refractivity contribution in [2.24, 2.45) is 0 Å². The minimum Gasteiger partial charge on any atom is -0.377 e. The van der Waals surface area contributed by atoms with Crippen LogP contribution in [0.4, 0.5) is 0 Å². The molecule has 0 saturated carbocycles. The summed E-state index contributed by atoms with van der Waals surface area (Å²) >= 11 is 0. The molecule has 13 heavy (non-hydrogen) atoms. The molecule has 0 aromatic heterocycles. The largest absolute Gasteiger partial charge is 0.377 e. The molecule has 0 aliphatic carbocycles. The van der Waals surface area contributed by atoms with Gasteiger partial charge in [-0.2, -0.15) is 0 Å². The first-order valence-corrected chi connectivity index (χ1v) is 4.13. The van der Waals surface area contributed by atoms with Crippen molar-refractivity contribution in [3.05, 3.63) is 48.2 Å². The summed E-state index contributed by atoms with van der Waals surface area (Å²) in [5.41, 5.74) is 3.05. The Bertz CT molecular complexity index is 249. The van der Waals surface area contributed by atoms with E-state index in [4.69, 9.17) is 5.11 Å². The van der Waals surface area contributed by atoms with Gasteiger partial charge in [-0.05, 0) is 25.0 Å². The maximum Gasteiger partial charge on any atom is 0.112 e. The summed E-state index contributed by atoms with van der Waals surface area (Å²) in [6.45, 7) is 11.3. The zero-order valence-electron chi connectivity index (χ0n) is 8.30. The summed E-state index contributed by atoms with van der Waals surface area (Å²) < 4.78 is 0. The van der Waals surface area contributed by atoms with Gasteiger partial charge in [0.2, 0.25) is 0 Å². The smallest absolute Gasteiger partial charge is 0.112 e. The molecular weight excluding hydrogens is 162 g/mol. The minimum absolute atomic E-state index is 0.0606. The van der Waals surface area contributed by atoms with Gasteiger partial charge in [0.25, 0.3) is 0 Å². The molecule has 0 rings (SSSR count). The van der Waals surface area contributed by atoms with Gasteiger partial charge in [0, 0.05) is 6.20 Å². The van der Waals surface area contributed by atoms with Crippen molar-refractivity contribution < 1.29 is 5.11 Å². The highest BCUT2D eigenvalue weighted by Crippen LogP contribution is 2.16.